The van der Waals surface area contributed by atoms with Gasteiger partial charge in [0.2, 0.25) is 0 Å². The molecule has 0 unspecified atom stereocenters. The molecule has 0 radical (unpaired) electrons. The average molecular weight is 668 g/mol. The van der Waals surface area contributed by atoms with Crippen molar-refractivity contribution in [1.29, 1.82) is 0 Å². The van der Waals surface area contributed by atoms with Gasteiger partial charge in [0.05, 0.1) is 33.1 Å². The van der Waals surface area contributed by atoms with Crippen LogP contribution in [0.3, 0.4) is 0 Å². The number of hydrogen-bond donors (Lipinski definition) is 0. The first kappa shape index (κ1) is 29.1. The summed E-state index contributed by atoms with van der Waals surface area (Å²) in [6.45, 7) is 0. The van der Waals surface area contributed by atoms with Gasteiger partial charge in [-0.3, -0.25) is 0 Å². The number of benzene rings is 7. The summed E-state index contributed by atoms with van der Waals surface area (Å²) < 4.78 is 6.79. The van der Waals surface area contributed by atoms with E-state index in [2.05, 4.69) is 173 Å². The lowest BCUT2D eigenvalue weighted by molar-refractivity contribution is 0.958. The van der Waals surface area contributed by atoms with Gasteiger partial charge in [0.25, 0.3) is 0 Å². The lowest BCUT2D eigenvalue weighted by atomic mass is 9.98. The Bertz CT molecular complexity index is 3080. The number of imidazole rings is 2. The molecule has 1 aliphatic rings. The molecule has 0 atom stereocenters. The van der Waals surface area contributed by atoms with E-state index in [1.54, 1.807) is 0 Å². The molecule has 10 aromatic rings. The van der Waals surface area contributed by atoms with E-state index in [9.17, 15) is 0 Å². The highest BCUT2D eigenvalue weighted by Crippen LogP contribution is 2.41. The van der Waals surface area contributed by atoms with Crippen molar-refractivity contribution >= 4 is 43.9 Å². The SMILES string of the molecule is Cn1c(-c2cccc(-n3c4ccc(-c5ccc6c(c5)Cc5ccccc5-6)cc4c4ccc(-c5nc6ccccc6n5C)cc43)c2)nc2ccccc21. The lowest BCUT2D eigenvalue weighted by Crippen LogP contribution is -1.97. The van der Waals surface area contributed by atoms with E-state index in [-0.39, 0.29) is 0 Å². The molecule has 5 heteroatoms. The first-order valence-electron chi connectivity index (χ1n) is 17.8. The Kier molecular flexibility index (Phi) is 6.08. The molecular formula is C47H33N5. The van der Waals surface area contributed by atoms with Crippen LogP contribution in [-0.4, -0.2) is 23.7 Å². The van der Waals surface area contributed by atoms with E-state index >= 15 is 0 Å². The fraction of sp³-hybridized carbons (Fsp3) is 0.0638. The first-order valence-corrected chi connectivity index (χ1v) is 17.8. The summed E-state index contributed by atoms with van der Waals surface area (Å²) in [6, 6.07) is 55.0. The monoisotopic (exact) mass is 667 g/mol. The molecule has 11 rings (SSSR count). The summed E-state index contributed by atoms with van der Waals surface area (Å²) in [5.74, 6) is 1.90. The highest BCUT2D eigenvalue weighted by molar-refractivity contribution is 6.11. The maximum atomic E-state index is 5.07. The van der Waals surface area contributed by atoms with Crippen LogP contribution in [0.2, 0.25) is 0 Å². The highest BCUT2D eigenvalue weighted by Gasteiger charge is 2.21. The minimum absolute atomic E-state index is 0.949. The second-order valence-corrected chi connectivity index (χ2v) is 14.0. The van der Waals surface area contributed by atoms with E-state index in [0.29, 0.717) is 0 Å². The number of rotatable bonds is 4. The zero-order valence-electron chi connectivity index (χ0n) is 28.9. The van der Waals surface area contributed by atoms with Crippen molar-refractivity contribution in [3.05, 3.63) is 163 Å². The van der Waals surface area contributed by atoms with Crippen molar-refractivity contribution in [3.8, 4) is 50.7 Å². The Labute approximate surface area is 300 Å². The van der Waals surface area contributed by atoms with Crippen LogP contribution in [0.1, 0.15) is 11.1 Å². The van der Waals surface area contributed by atoms with Gasteiger partial charge in [0.1, 0.15) is 11.6 Å². The molecule has 0 saturated carbocycles. The number of aromatic nitrogens is 5. The van der Waals surface area contributed by atoms with Crippen molar-refractivity contribution in [1.82, 2.24) is 23.7 Å². The van der Waals surface area contributed by atoms with Gasteiger partial charge < -0.3 is 13.7 Å². The Morgan fingerprint density at radius 1 is 0.423 bits per heavy atom. The van der Waals surface area contributed by atoms with Crippen LogP contribution >= 0.6 is 0 Å². The fourth-order valence-corrected chi connectivity index (χ4v) is 8.53. The smallest absolute Gasteiger partial charge is 0.140 e. The summed E-state index contributed by atoms with van der Waals surface area (Å²) in [5.41, 5.74) is 17.8. The molecule has 5 nitrogen and oxygen atoms in total. The Balaban J connectivity index is 1.11. The summed E-state index contributed by atoms with van der Waals surface area (Å²) >= 11 is 0. The summed E-state index contributed by atoms with van der Waals surface area (Å²) in [6.07, 6.45) is 0.980. The number of aryl methyl sites for hydroxylation is 2. The predicted octanol–water partition coefficient (Wildman–Crippen LogP) is 11.1. The summed E-state index contributed by atoms with van der Waals surface area (Å²) in [4.78, 5) is 10.1. The molecule has 0 fully saturated rings. The Morgan fingerprint density at radius 2 is 1.06 bits per heavy atom. The third-order valence-electron chi connectivity index (χ3n) is 11.1. The maximum Gasteiger partial charge on any atom is 0.140 e. The maximum absolute atomic E-state index is 5.07. The van der Waals surface area contributed by atoms with Crippen molar-refractivity contribution < 1.29 is 0 Å². The molecule has 0 N–H and O–H groups in total. The summed E-state index contributed by atoms with van der Waals surface area (Å²) in [7, 11) is 4.20. The van der Waals surface area contributed by atoms with Crippen LogP contribution in [0.15, 0.2) is 152 Å². The van der Waals surface area contributed by atoms with Gasteiger partial charge >= 0.3 is 0 Å². The van der Waals surface area contributed by atoms with Crippen LogP contribution in [-0.2, 0) is 20.5 Å². The molecule has 3 heterocycles. The predicted molar refractivity (Wildman–Crippen MR) is 214 cm³/mol. The average Bonchev–Trinajstić information content (AvgIpc) is 3.93. The number of hydrogen-bond acceptors (Lipinski definition) is 2. The minimum atomic E-state index is 0.949. The van der Waals surface area contributed by atoms with E-state index < -0.39 is 0 Å². The van der Waals surface area contributed by atoms with Gasteiger partial charge in [-0.15, -0.1) is 0 Å². The molecule has 0 bridgehead atoms. The largest absolute Gasteiger partial charge is 0.327 e. The minimum Gasteiger partial charge on any atom is -0.327 e. The molecule has 7 aromatic carbocycles. The normalized spacial score (nSPS) is 12.3. The topological polar surface area (TPSA) is 40.6 Å². The van der Waals surface area contributed by atoms with Gasteiger partial charge in [-0.25, -0.2) is 9.97 Å². The summed E-state index contributed by atoms with van der Waals surface area (Å²) in [5, 5.41) is 2.43. The molecule has 1 aliphatic carbocycles. The molecule has 0 amide bonds. The van der Waals surface area contributed by atoms with Gasteiger partial charge in [-0.2, -0.15) is 0 Å². The van der Waals surface area contributed by atoms with E-state index in [1.807, 2.05) is 6.07 Å². The van der Waals surface area contributed by atoms with Gasteiger partial charge in [0.15, 0.2) is 0 Å². The lowest BCUT2D eigenvalue weighted by Gasteiger charge is -2.12. The zero-order chi connectivity index (χ0) is 34.5. The van der Waals surface area contributed by atoms with Crippen LogP contribution in [0, 0.1) is 0 Å². The molecule has 3 aromatic heterocycles. The molecule has 0 spiro atoms. The van der Waals surface area contributed by atoms with Crippen molar-refractivity contribution in [2.24, 2.45) is 14.1 Å². The molecule has 52 heavy (non-hydrogen) atoms. The number of para-hydroxylation sites is 4. The second-order valence-electron chi connectivity index (χ2n) is 14.0. The Morgan fingerprint density at radius 3 is 1.83 bits per heavy atom. The zero-order valence-corrected chi connectivity index (χ0v) is 28.9. The highest BCUT2D eigenvalue weighted by atomic mass is 15.1. The van der Waals surface area contributed by atoms with Crippen LogP contribution in [0.4, 0.5) is 0 Å². The Hall–Kier alpha value is -6.72. The van der Waals surface area contributed by atoms with Gasteiger partial charge in [-0.05, 0) is 94.4 Å². The van der Waals surface area contributed by atoms with E-state index in [0.717, 1.165) is 68.0 Å². The third-order valence-corrected chi connectivity index (χ3v) is 11.1. The van der Waals surface area contributed by atoms with Crippen molar-refractivity contribution in [2.45, 2.75) is 6.42 Å². The second kappa shape index (κ2) is 10.9. The quantitative estimate of drug-likeness (QED) is 0.187. The third kappa shape index (κ3) is 4.23. The standard InChI is InChI=1S/C47H33N5/c1-50-43-16-7-5-14-40(43)48-46(50)32-11-9-12-35(26-32)52-42-23-20-30(29-18-21-37-34(24-29)25-31-10-3-4-13-36(31)37)27-39(42)38-22-19-33(28-45(38)52)47-49-41-15-6-8-17-44(41)51(47)2/h3-24,26-28H,25H2,1-2H3. The van der Waals surface area contributed by atoms with E-state index in [4.69, 9.17) is 9.97 Å². The fourth-order valence-electron chi connectivity index (χ4n) is 8.53. The van der Waals surface area contributed by atoms with Crippen molar-refractivity contribution in [2.75, 3.05) is 0 Å². The van der Waals surface area contributed by atoms with Gasteiger partial charge in [0, 0.05) is 41.7 Å². The molecule has 0 aliphatic heterocycles. The van der Waals surface area contributed by atoms with Crippen molar-refractivity contribution in [3.63, 3.8) is 0 Å². The van der Waals surface area contributed by atoms with Crippen LogP contribution in [0.25, 0.3) is 94.6 Å². The van der Waals surface area contributed by atoms with E-state index in [1.165, 1.54) is 44.2 Å². The number of fused-ring (bicyclic) bond motifs is 8. The van der Waals surface area contributed by atoms with Gasteiger partial charge in [-0.1, -0.05) is 97.1 Å². The molecule has 246 valence electrons. The number of nitrogens with zero attached hydrogens (tertiary/aromatic N) is 5. The van der Waals surface area contributed by atoms with Crippen LogP contribution in [0.5, 0.6) is 0 Å². The first-order chi connectivity index (χ1) is 25.6. The molecular weight excluding hydrogens is 635 g/mol. The molecule has 0 saturated heterocycles. The van der Waals surface area contributed by atoms with Crippen LogP contribution < -0.4 is 0 Å².